The van der Waals surface area contributed by atoms with E-state index >= 15 is 0 Å². The van der Waals surface area contributed by atoms with Crippen molar-refractivity contribution < 1.29 is 4.79 Å². The molecule has 0 saturated carbocycles. The smallest absolute Gasteiger partial charge is 0.162 e. The van der Waals surface area contributed by atoms with Crippen molar-refractivity contribution in [3.63, 3.8) is 0 Å². The van der Waals surface area contributed by atoms with Crippen molar-refractivity contribution in [3.8, 4) is 0 Å². The molecule has 2 fully saturated rings. The Labute approximate surface area is 248 Å². The minimum absolute atomic E-state index is 0.304. The van der Waals surface area contributed by atoms with Gasteiger partial charge in [0.15, 0.2) is 5.78 Å². The van der Waals surface area contributed by atoms with E-state index in [-0.39, 0.29) is 0 Å². The van der Waals surface area contributed by atoms with E-state index in [1.54, 1.807) is 0 Å². The third kappa shape index (κ3) is 9.27. The molecule has 41 heavy (non-hydrogen) atoms. The fourth-order valence-corrected chi connectivity index (χ4v) is 6.82. The Bertz CT molecular complexity index is 1230. The van der Waals surface area contributed by atoms with Crippen LogP contribution in [0.2, 0.25) is 0 Å². The van der Waals surface area contributed by atoms with Crippen LogP contribution in [0.5, 0.6) is 0 Å². The van der Waals surface area contributed by atoms with Crippen molar-refractivity contribution in [3.05, 3.63) is 113 Å². The van der Waals surface area contributed by atoms with Crippen molar-refractivity contribution in [2.24, 2.45) is 5.92 Å². The fraction of sp³-hybridized carbons (Fsp3) is 0.474. The van der Waals surface area contributed by atoms with Gasteiger partial charge in [0.25, 0.3) is 0 Å². The highest BCUT2D eigenvalue weighted by molar-refractivity contribution is 5.96. The number of carbonyl (C=O) groups is 1. The summed E-state index contributed by atoms with van der Waals surface area (Å²) in [5.41, 5.74) is 8.38. The SMILES string of the molecule is O=C(CCCCN1CCCCC1)c1cccc(CC2CCCCN(CC(C3=C=CC=CC=C3)c3ccccc3)C2)c1. The van der Waals surface area contributed by atoms with E-state index < -0.39 is 0 Å². The molecule has 0 amide bonds. The van der Waals surface area contributed by atoms with Crippen LogP contribution in [0.15, 0.2) is 96.3 Å². The lowest BCUT2D eigenvalue weighted by Crippen LogP contribution is -2.33. The topological polar surface area (TPSA) is 23.6 Å². The van der Waals surface area contributed by atoms with Gasteiger partial charge in [-0.25, -0.2) is 0 Å². The first-order chi connectivity index (χ1) is 20.2. The molecule has 2 aromatic rings. The highest BCUT2D eigenvalue weighted by Crippen LogP contribution is 2.29. The average Bonchev–Trinajstić information content (AvgIpc) is 3.42. The number of rotatable bonds is 12. The molecule has 3 nitrogen and oxygen atoms in total. The van der Waals surface area contributed by atoms with E-state index in [9.17, 15) is 4.79 Å². The lowest BCUT2D eigenvalue weighted by Gasteiger charge is -2.29. The van der Waals surface area contributed by atoms with Crippen LogP contribution in [0.3, 0.4) is 0 Å². The van der Waals surface area contributed by atoms with Gasteiger partial charge in [-0.15, -0.1) is 5.73 Å². The number of nitrogens with zero attached hydrogens (tertiary/aromatic N) is 2. The van der Waals surface area contributed by atoms with Crippen molar-refractivity contribution in [1.29, 1.82) is 0 Å². The van der Waals surface area contributed by atoms with E-state index in [1.807, 2.05) is 12.1 Å². The van der Waals surface area contributed by atoms with Crippen molar-refractivity contribution in [1.82, 2.24) is 9.80 Å². The molecule has 2 atom stereocenters. The number of Topliss-reactive ketones (excluding diaryl/α,β-unsaturated/α-hetero) is 1. The van der Waals surface area contributed by atoms with Crippen LogP contribution in [-0.2, 0) is 6.42 Å². The molecule has 0 radical (unpaired) electrons. The minimum atomic E-state index is 0.304. The van der Waals surface area contributed by atoms with Gasteiger partial charge in [-0.3, -0.25) is 4.79 Å². The first-order valence-electron chi connectivity index (χ1n) is 16.2. The molecule has 2 unspecified atom stereocenters. The predicted octanol–water partition coefficient (Wildman–Crippen LogP) is 8.16. The molecule has 2 heterocycles. The van der Waals surface area contributed by atoms with Crippen LogP contribution < -0.4 is 0 Å². The van der Waals surface area contributed by atoms with Crippen molar-refractivity contribution in [2.75, 3.05) is 39.3 Å². The van der Waals surface area contributed by atoms with Gasteiger partial charge in [0.05, 0.1) is 0 Å². The number of hydrogen-bond acceptors (Lipinski definition) is 3. The van der Waals surface area contributed by atoms with Gasteiger partial charge in [0.1, 0.15) is 0 Å². The third-order valence-electron chi connectivity index (χ3n) is 9.07. The average molecular weight is 549 g/mol. The summed E-state index contributed by atoms with van der Waals surface area (Å²) in [6.07, 6.45) is 22.2. The van der Waals surface area contributed by atoms with Gasteiger partial charge in [-0.2, -0.15) is 0 Å². The number of ketones is 1. The standard InChI is InChI=1S/C38H48N2O/c41-38(23-10-14-26-39-24-11-4-12-25-39)36-22-15-17-32(29-36)28-33-16-9-13-27-40(30-33)31-37(35-20-7-3-8-21-35)34-18-5-1-2-6-19-34/h1-3,5-8,15,17-18,20-22,29,33,37H,4,9-14,16,23-28,30-31H2. The molecule has 0 aromatic heterocycles. The second-order valence-corrected chi connectivity index (χ2v) is 12.3. The largest absolute Gasteiger partial charge is 0.303 e. The number of unbranched alkanes of at least 4 members (excludes halogenated alkanes) is 1. The van der Waals surface area contributed by atoms with E-state index in [2.05, 4.69) is 88.4 Å². The second-order valence-electron chi connectivity index (χ2n) is 12.3. The molecule has 5 rings (SSSR count). The lowest BCUT2D eigenvalue weighted by atomic mass is 9.89. The number of hydrogen-bond donors (Lipinski definition) is 0. The number of benzene rings is 2. The zero-order valence-electron chi connectivity index (χ0n) is 24.9. The molecule has 2 aliphatic heterocycles. The Morgan fingerprint density at radius 2 is 1.68 bits per heavy atom. The predicted molar refractivity (Wildman–Crippen MR) is 171 cm³/mol. The maximum atomic E-state index is 13.0. The molecule has 3 heteroatoms. The quantitative estimate of drug-likeness (QED) is 0.152. The Hall–Kier alpha value is -2.97. The summed E-state index contributed by atoms with van der Waals surface area (Å²) in [5, 5.41) is 0. The van der Waals surface area contributed by atoms with Gasteiger partial charge in [-0.1, -0.05) is 85.7 Å². The molecule has 2 aromatic carbocycles. The third-order valence-corrected chi connectivity index (χ3v) is 9.07. The Balaban J connectivity index is 1.17. The van der Waals surface area contributed by atoms with Crippen LogP contribution >= 0.6 is 0 Å². The van der Waals surface area contributed by atoms with Gasteiger partial charge >= 0.3 is 0 Å². The van der Waals surface area contributed by atoms with Gasteiger partial charge in [0.2, 0.25) is 0 Å². The molecular formula is C38H48N2O. The van der Waals surface area contributed by atoms with Crippen molar-refractivity contribution in [2.45, 2.75) is 70.1 Å². The molecule has 3 aliphatic rings. The molecule has 0 spiro atoms. The number of allylic oxidation sites excluding steroid dienone is 4. The number of carbonyl (C=O) groups excluding carboxylic acids is 1. The van der Waals surface area contributed by atoms with Gasteiger partial charge in [0, 0.05) is 36.6 Å². The highest BCUT2D eigenvalue weighted by atomic mass is 16.1. The number of piperidine rings is 1. The second kappa shape index (κ2) is 15.9. The highest BCUT2D eigenvalue weighted by Gasteiger charge is 2.24. The van der Waals surface area contributed by atoms with Crippen LogP contribution in [0.1, 0.15) is 85.2 Å². The summed E-state index contributed by atoms with van der Waals surface area (Å²) in [6, 6.07) is 19.5. The summed E-state index contributed by atoms with van der Waals surface area (Å²) in [6.45, 7) is 6.90. The van der Waals surface area contributed by atoms with Gasteiger partial charge < -0.3 is 9.80 Å². The van der Waals surface area contributed by atoms with E-state index in [0.29, 0.717) is 24.0 Å². The Kier molecular flexibility index (Phi) is 11.4. The maximum Gasteiger partial charge on any atom is 0.162 e. The first kappa shape index (κ1) is 29.5. The molecule has 0 bridgehead atoms. The lowest BCUT2D eigenvalue weighted by molar-refractivity contribution is 0.0977. The zero-order valence-corrected chi connectivity index (χ0v) is 24.9. The van der Waals surface area contributed by atoms with E-state index in [1.165, 1.54) is 68.3 Å². The van der Waals surface area contributed by atoms with Crippen LogP contribution in [-0.4, -0.2) is 54.9 Å². The Morgan fingerprint density at radius 3 is 2.56 bits per heavy atom. The molecule has 1 aliphatic carbocycles. The first-order valence-corrected chi connectivity index (χ1v) is 16.2. The van der Waals surface area contributed by atoms with Crippen LogP contribution in [0, 0.1) is 5.92 Å². The zero-order chi connectivity index (χ0) is 28.1. The summed E-state index contributed by atoms with van der Waals surface area (Å²) in [7, 11) is 0. The number of likely N-dealkylation sites (tertiary alicyclic amines) is 2. The summed E-state index contributed by atoms with van der Waals surface area (Å²) < 4.78 is 0. The summed E-state index contributed by atoms with van der Waals surface area (Å²) in [4.78, 5) is 18.3. The van der Waals surface area contributed by atoms with Gasteiger partial charge in [-0.05, 0) is 100 Å². The Morgan fingerprint density at radius 1 is 0.854 bits per heavy atom. The molecule has 216 valence electrons. The van der Waals surface area contributed by atoms with Crippen molar-refractivity contribution >= 4 is 5.78 Å². The molecule has 2 saturated heterocycles. The summed E-state index contributed by atoms with van der Waals surface area (Å²) in [5.74, 6) is 1.23. The molecular weight excluding hydrogens is 500 g/mol. The molecule has 0 N–H and O–H groups in total. The van der Waals surface area contributed by atoms with E-state index in [4.69, 9.17) is 0 Å². The van der Waals surface area contributed by atoms with Crippen LogP contribution in [0.4, 0.5) is 0 Å². The monoisotopic (exact) mass is 548 g/mol. The minimum Gasteiger partial charge on any atom is -0.303 e. The fourth-order valence-electron chi connectivity index (χ4n) is 6.82. The van der Waals surface area contributed by atoms with Crippen LogP contribution in [0.25, 0.3) is 0 Å². The maximum absolute atomic E-state index is 13.0. The normalized spacial score (nSPS) is 20.8. The summed E-state index contributed by atoms with van der Waals surface area (Å²) >= 11 is 0. The van der Waals surface area contributed by atoms with E-state index in [0.717, 1.165) is 51.0 Å².